The van der Waals surface area contributed by atoms with Gasteiger partial charge in [-0.1, -0.05) is 24.8 Å². The van der Waals surface area contributed by atoms with E-state index in [9.17, 15) is 14.7 Å². The van der Waals surface area contributed by atoms with Crippen molar-refractivity contribution in [3.8, 4) is 11.6 Å². The number of urea groups is 1. The van der Waals surface area contributed by atoms with E-state index in [0.29, 0.717) is 57.9 Å². The van der Waals surface area contributed by atoms with Crippen molar-refractivity contribution in [1.82, 2.24) is 20.2 Å². The minimum Gasteiger partial charge on any atom is -0.439 e. The van der Waals surface area contributed by atoms with Crippen molar-refractivity contribution in [3.05, 3.63) is 78.5 Å². The Morgan fingerprint density at radius 3 is 2.84 bits per heavy atom. The van der Waals surface area contributed by atoms with E-state index in [1.165, 1.54) is 22.3 Å². The SMILES string of the molecule is C=CC(=O)N1CC[C@@H](NC(O)c2sc3nccc4c3c2NC(=O)N4c2ccc(Oc3ccccc3)nc2)C1. The van der Waals surface area contributed by atoms with E-state index >= 15 is 0 Å². The fourth-order valence-electron chi connectivity index (χ4n) is 4.75. The smallest absolute Gasteiger partial charge is 0.331 e. The molecule has 2 aliphatic rings. The summed E-state index contributed by atoms with van der Waals surface area (Å²) in [7, 11) is 0. The zero-order valence-electron chi connectivity index (χ0n) is 20.2. The van der Waals surface area contributed by atoms with E-state index in [4.69, 9.17) is 4.74 Å². The van der Waals surface area contributed by atoms with Gasteiger partial charge in [-0.15, -0.1) is 11.3 Å². The van der Waals surface area contributed by atoms with Crippen LogP contribution in [-0.4, -0.2) is 51.0 Å². The number of ether oxygens (including phenoxy) is 1. The van der Waals surface area contributed by atoms with Gasteiger partial charge in [0.25, 0.3) is 0 Å². The molecule has 11 heteroatoms. The summed E-state index contributed by atoms with van der Waals surface area (Å²) in [6.45, 7) is 4.60. The number of likely N-dealkylation sites (tertiary alicyclic amines) is 1. The number of nitrogens with zero attached hydrogens (tertiary/aromatic N) is 4. The van der Waals surface area contributed by atoms with Gasteiger partial charge in [-0.25, -0.2) is 14.8 Å². The molecule has 10 nitrogen and oxygen atoms in total. The summed E-state index contributed by atoms with van der Waals surface area (Å²) in [5, 5.41) is 17.9. The molecule has 1 fully saturated rings. The molecule has 192 valence electrons. The Bertz CT molecular complexity index is 1520. The van der Waals surface area contributed by atoms with Gasteiger partial charge in [0.2, 0.25) is 11.8 Å². The third-order valence-electron chi connectivity index (χ3n) is 6.53. The van der Waals surface area contributed by atoms with Gasteiger partial charge in [0, 0.05) is 31.4 Å². The second-order valence-corrected chi connectivity index (χ2v) is 9.96. The molecule has 3 aromatic heterocycles. The lowest BCUT2D eigenvalue weighted by Gasteiger charge is -2.28. The summed E-state index contributed by atoms with van der Waals surface area (Å²) in [6.07, 6.45) is 4.18. The summed E-state index contributed by atoms with van der Waals surface area (Å²) in [4.78, 5) is 38.6. The zero-order chi connectivity index (χ0) is 26.2. The van der Waals surface area contributed by atoms with E-state index < -0.39 is 6.23 Å². The first-order valence-electron chi connectivity index (χ1n) is 12.1. The summed E-state index contributed by atoms with van der Waals surface area (Å²) in [5.41, 5.74) is 1.74. The van der Waals surface area contributed by atoms with Crippen LogP contribution in [-0.2, 0) is 4.79 Å². The molecule has 0 spiro atoms. The molecule has 2 atom stereocenters. The Morgan fingerprint density at radius 1 is 1.24 bits per heavy atom. The summed E-state index contributed by atoms with van der Waals surface area (Å²) in [5.74, 6) is 0.945. The highest BCUT2D eigenvalue weighted by Crippen LogP contribution is 2.47. The predicted molar refractivity (Wildman–Crippen MR) is 145 cm³/mol. The van der Waals surface area contributed by atoms with E-state index in [1.807, 2.05) is 30.3 Å². The van der Waals surface area contributed by atoms with Crippen LogP contribution < -0.4 is 20.3 Å². The number of carbonyl (C=O) groups is 2. The number of nitrogens with one attached hydrogen (secondary N) is 2. The fourth-order valence-corrected chi connectivity index (χ4v) is 5.82. The zero-order valence-corrected chi connectivity index (χ0v) is 21.0. The maximum atomic E-state index is 13.3. The monoisotopic (exact) mass is 528 g/mol. The van der Waals surface area contributed by atoms with Gasteiger partial charge >= 0.3 is 6.03 Å². The molecule has 5 heterocycles. The summed E-state index contributed by atoms with van der Waals surface area (Å²) >= 11 is 1.31. The van der Waals surface area contributed by atoms with Gasteiger partial charge in [-0.05, 0) is 36.8 Å². The number of amides is 3. The molecule has 1 aromatic carbocycles. The van der Waals surface area contributed by atoms with Gasteiger partial charge in [-0.2, -0.15) is 0 Å². The standard InChI is InChI=1S/C27H24N6O4S/c1-2-21(34)32-13-11-16(15-32)30-25(35)24-23-22-19(10-12-28-26(22)38-24)33(27(36)31-23)17-8-9-20(29-14-17)37-18-6-4-3-5-7-18/h2-10,12,14,16,25,30,35H,1,11,13,15H2,(H,31,36)/t16-,25?/m1/s1. The number of anilines is 3. The number of aromatic nitrogens is 2. The predicted octanol–water partition coefficient (Wildman–Crippen LogP) is 4.53. The van der Waals surface area contributed by atoms with E-state index in [-0.39, 0.29) is 18.0 Å². The molecular formula is C27H24N6O4S. The molecule has 6 rings (SSSR count). The van der Waals surface area contributed by atoms with Crippen LogP contribution in [0.2, 0.25) is 0 Å². The lowest BCUT2D eigenvalue weighted by Crippen LogP contribution is -2.37. The maximum Gasteiger partial charge on any atom is 0.331 e. The second kappa shape index (κ2) is 9.86. The summed E-state index contributed by atoms with van der Waals surface area (Å²) in [6, 6.07) is 14.1. The number of thiophene rings is 1. The normalized spacial score (nSPS) is 17.4. The summed E-state index contributed by atoms with van der Waals surface area (Å²) < 4.78 is 5.77. The van der Waals surface area contributed by atoms with Crippen LogP contribution in [0, 0.1) is 0 Å². The molecule has 38 heavy (non-hydrogen) atoms. The molecule has 3 amide bonds. The highest BCUT2D eigenvalue weighted by atomic mass is 32.1. The number of hydrogen-bond acceptors (Lipinski definition) is 8. The number of rotatable bonds is 7. The Hall–Kier alpha value is -4.32. The first kappa shape index (κ1) is 24.0. The highest BCUT2D eigenvalue weighted by Gasteiger charge is 2.34. The molecule has 1 saturated heterocycles. The quantitative estimate of drug-likeness (QED) is 0.238. The minimum atomic E-state index is -1.04. The molecule has 1 unspecified atom stereocenters. The topological polar surface area (TPSA) is 120 Å². The Balaban J connectivity index is 1.26. The third kappa shape index (κ3) is 4.36. The average Bonchev–Trinajstić information content (AvgIpc) is 3.55. The van der Waals surface area contributed by atoms with Gasteiger partial charge in [0.1, 0.15) is 16.8 Å². The van der Waals surface area contributed by atoms with E-state index in [1.54, 1.807) is 35.5 Å². The number of benzene rings is 1. The maximum absolute atomic E-state index is 13.3. The minimum absolute atomic E-state index is 0.0859. The van der Waals surface area contributed by atoms with Crippen molar-refractivity contribution < 1.29 is 19.4 Å². The first-order chi connectivity index (χ1) is 18.5. The van der Waals surface area contributed by atoms with Crippen LogP contribution in [0.1, 0.15) is 17.5 Å². The number of pyridine rings is 2. The highest BCUT2D eigenvalue weighted by molar-refractivity contribution is 7.19. The van der Waals surface area contributed by atoms with Crippen molar-refractivity contribution in [1.29, 1.82) is 0 Å². The van der Waals surface area contributed by atoms with Crippen molar-refractivity contribution in [3.63, 3.8) is 0 Å². The largest absolute Gasteiger partial charge is 0.439 e. The number of aliphatic hydroxyl groups is 1. The third-order valence-corrected chi connectivity index (χ3v) is 7.68. The van der Waals surface area contributed by atoms with Gasteiger partial charge < -0.3 is 20.1 Å². The number of aliphatic hydroxyl groups excluding tert-OH is 1. The molecule has 0 saturated carbocycles. The van der Waals surface area contributed by atoms with Gasteiger partial charge in [0.05, 0.1) is 33.5 Å². The fraction of sp³-hybridized carbons (Fsp3) is 0.185. The van der Waals surface area contributed by atoms with Crippen LogP contribution in [0.15, 0.2) is 73.6 Å². The number of hydrogen-bond donors (Lipinski definition) is 3. The van der Waals surface area contributed by atoms with Gasteiger partial charge in [-0.3, -0.25) is 15.0 Å². The number of carbonyl (C=O) groups excluding carboxylic acids is 2. The molecule has 2 aliphatic heterocycles. The van der Waals surface area contributed by atoms with Crippen LogP contribution in [0.25, 0.3) is 10.2 Å². The van der Waals surface area contributed by atoms with Crippen molar-refractivity contribution in [2.24, 2.45) is 0 Å². The Labute approximate surface area is 222 Å². The number of para-hydroxylation sites is 1. The van der Waals surface area contributed by atoms with Crippen molar-refractivity contribution in [2.75, 3.05) is 23.3 Å². The van der Waals surface area contributed by atoms with Crippen LogP contribution in [0.5, 0.6) is 11.6 Å². The molecule has 3 N–H and O–H groups in total. The Kier molecular flexibility index (Phi) is 6.24. The van der Waals surface area contributed by atoms with Gasteiger partial charge in [0.15, 0.2) is 0 Å². The molecule has 4 aromatic rings. The van der Waals surface area contributed by atoms with Crippen LogP contribution >= 0.6 is 11.3 Å². The lowest BCUT2D eigenvalue weighted by molar-refractivity contribution is -0.125. The average molecular weight is 529 g/mol. The van der Waals surface area contributed by atoms with E-state index in [0.717, 1.165) is 5.39 Å². The Morgan fingerprint density at radius 2 is 2.08 bits per heavy atom. The lowest BCUT2D eigenvalue weighted by atomic mass is 10.1. The molecule has 0 radical (unpaired) electrons. The molecule has 0 aliphatic carbocycles. The second-order valence-electron chi connectivity index (χ2n) is 8.93. The molecule has 0 bridgehead atoms. The van der Waals surface area contributed by atoms with Crippen molar-refractivity contribution >= 4 is 50.6 Å². The van der Waals surface area contributed by atoms with Crippen LogP contribution in [0.4, 0.5) is 21.9 Å². The van der Waals surface area contributed by atoms with Crippen LogP contribution in [0.3, 0.4) is 0 Å². The van der Waals surface area contributed by atoms with Crippen molar-refractivity contribution in [2.45, 2.75) is 18.7 Å². The first-order valence-corrected chi connectivity index (χ1v) is 12.9. The van der Waals surface area contributed by atoms with E-state index in [2.05, 4.69) is 27.2 Å². The molecular weight excluding hydrogens is 504 g/mol.